The molecule has 0 saturated carbocycles. The molecule has 3 rings (SSSR count). The van der Waals surface area contributed by atoms with E-state index >= 15 is 0 Å². The Bertz CT molecular complexity index is 766. The summed E-state index contributed by atoms with van der Waals surface area (Å²) in [6.45, 7) is 1.81. The maximum absolute atomic E-state index is 12.6. The van der Waals surface area contributed by atoms with Gasteiger partial charge in [-0.25, -0.2) is 17.5 Å². The Morgan fingerprint density at radius 3 is 2.71 bits per heavy atom. The molecule has 1 aromatic rings. The molecule has 1 atom stereocenters. The number of amides is 2. The number of nitriles is 1. The van der Waals surface area contributed by atoms with Gasteiger partial charge in [0.25, 0.3) is 0 Å². The molecular weight excluding hydrogens is 328 g/mol. The molecule has 0 spiro atoms. The lowest BCUT2D eigenvalue weighted by Crippen LogP contribution is -2.40. The largest absolute Gasteiger partial charge is 0.323 e. The van der Waals surface area contributed by atoms with Gasteiger partial charge in [0, 0.05) is 31.9 Å². The van der Waals surface area contributed by atoms with Crippen molar-refractivity contribution < 1.29 is 13.2 Å². The third-order valence-electron chi connectivity index (χ3n) is 4.52. The molecule has 24 heavy (non-hydrogen) atoms. The molecule has 2 saturated heterocycles. The number of hydrogen-bond acceptors (Lipinski definition) is 4. The minimum absolute atomic E-state index is 0.211. The normalized spacial score (nSPS) is 21.6. The summed E-state index contributed by atoms with van der Waals surface area (Å²) < 4.78 is 26.7. The van der Waals surface area contributed by atoms with E-state index in [1.807, 2.05) is 6.07 Å². The van der Waals surface area contributed by atoms with E-state index in [2.05, 4.69) is 5.32 Å². The molecule has 0 bridgehead atoms. The maximum Gasteiger partial charge on any atom is 0.321 e. The van der Waals surface area contributed by atoms with Gasteiger partial charge in [-0.05, 0) is 37.5 Å². The fourth-order valence-electron chi connectivity index (χ4n) is 3.18. The summed E-state index contributed by atoms with van der Waals surface area (Å²) in [4.78, 5) is 13.9. The second-order valence-electron chi connectivity index (χ2n) is 6.13. The van der Waals surface area contributed by atoms with Crippen LogP contribution in [-0.4, -0.2) is 55.1 Å². The van der Waals surface area contributed by atoms with Crippen LogP contribution >= 0.6 is 0 Å². The van der Waals surface area contributed by atoms with Crippen molar-refractivity contribution in [3.05, 3.63) is 29.8 Å². The first-order valence-electron chi connectivity index (χ1n) is 8.06. The van der Waals surface area contributed by atoms with Crippen molar-refractivity contribution >= 4 is 21.7 Å². The van der Waals surface area contributed by atoms with Gasteiger partial charge in [-0.3, -0.25) is 0 Å². The highest BCUT2D eigenvalue weighted by atomic mass is 32.2. The average molecular weight is 348 g/mol. The molecular formula is C16H20N4O3S. The fourth-order valence-corrected chi connectivity index (χ4v) is 5.14. The SMILES string of the molecule is N#Cc1cccc(NC(=O)N2CCC(S(=O)(=O)N3CCCC3)C2)c1. The Balaban J connectivity index is 1.62. The van der Waals surface area contributed by atoms with Crippen LogP contribution in [0.25, 0.3) is 0 Å². The van der Waals surface area contributed by atoms with Crippen LogP contribution in [0.5, 0.6) is 0 Å². The minimum atomic E-state index is -3.32. The zero-order valence-electron chi connectivity index (χ0n) is 13.3. The Labute approximate surface area is 141 Å². The van der Waals surface area contributed by atoms with Gasteiger partial charge in [0.15, 0.2) is 0 Å². The van der Waals surface area contributed by atoms with Crippen molar-refractivity contribution in [2.75, 3.05) is 31.5 Å². The molecule has 2 fully saturated rings. The second kappa shape index (κ2) is 6.79. The molecule has 7 nitrogen and oxygen atoms in total. The van der Waals surface area contributed by atoms with Crippen LogP contribution in [0.1, 0.15) is 24.8 Å². The highest BCUT2D eigenvalue weighted by molar-refractivity contribution is 7.89. The maximum atomic E-state index is 12.6. The van der Waals surface area contributed by atoms with E-state index in [-0.39, 0.29) is 12.6 Å². The molecule has 1 N–H and O–H groups in total. The number of carbonyl (C=O) groups is 1. The van der Waals surface area contributed by atoms with Gasteiger partial charge in [0.05, 0.1) is 16.9 Å². The molecule has 2 heterocycles. The van der Waals surface area contributed by atoms with Gasteiger partial charge in [0.1, 0.15) is 0 Å². The van der Waals surface area contributed by atoms with Crippen LogP contribution in [0.4, 0.5) is 10.5 Å². The second-order valence-corrected chi connectivity index (χ2v) is 8.34. The predicted octanol–water partition coefficient (Wildman–Crippen LogP) is 1.59. The van der Waals surface area contributed by atoms with E-state index in [1.165, 1.54) is 4.90 Å². The third-order valence-corrected chi connectivity index (χ3v) is 6.83. The van der Waals surface area contributed by atoms with Crippen molar-refractivity contribution in [2.45, 2.75) is 24.5 Å². The van der Waals surface area contributed by atoms with Crippen molar-refractivity contribution in [2.24, 2.45) is 0 Å². The molecule has 128 valence electrons. The highest BCUT2D eigenvalue weighted by Crippen LogP contribution is 2.24. The molecule has 1 aromatic carbocycles. The van der Waals surface area contributed by atoms with Gasteiger partial charge < -0.3 is 10.2 Å². The van der Waals surface area contributed by atoms with Gasteiger partial charge in [-0.1, -0.05) is 6.07 Å². The standard InChI is InChI=1S/C16H20N4O3S/c17-11-13-4-3-5-14(10-13)18-16(21)19-9-6-15(12-19)24(22,23)20-7-1-2-8-20/h3-5,10,15H,1-2,6-9,12H2,(H,18,21). The van der Waals surface area contributed by atoms with E-state index in [0.717, 1.165) is 12.8 Å². The van der Waals surface area contributed by atoms with E-state index in [9.17, 15) is 13.2 Å². The molecule has 2 amide bonds. The molecule has 1 unspecified atom stereocenters. The van der Waals surface area contributed by atoms with Gasteiger partial charge in [-0.2, -0.15) is 5.26 Å². The lowest BCUT2D eigenvalue weighted by Gasteiger charge is -2.21. The first-order valence-corrected chi connectivity index (χ1v) is 9.56. The summed E-state index contributed by atoms with van der Waals surface area (Å²) in [6.07, 6.45) is 2.28. The number of nitrogens with one attached hydrogen (secondary N) is 1. The molecule has 0 aliphatic carbocycles. The molecule has 2 aliphatic heterocycles. The molecule has 0 aromatic heterocycles. The Hall–Kier alpha value is -2.11. The average Bonchev–Trinajstić information content (AvgIpc) is 3.27. The highest BCUT2D eigenvalue weighted by Gasteiger charge is 2.39. The van der Waals surface area contributed by atoms with Crippen LogP contribution in [0.3, 0.4) is 0 Å². The summed E-state index contributed by atoms with van der Waals surface area (Å²) in [5.74, 6) is 0. The summed E-state index contributed by atoms with van der Waals surface area (Å²) in [7, 11) is -3.32. The topological polar surface area (TPSA) is 93.5 Å². The first-order chi connectivity index (χ1) is 11.5. The van der Waals surface area contributed by atoms with Crippen molar-refractivity contribution in [1.29, 1.82) is 5.26 Å². The van der Waals surface area contributed by atoms with E-state index in [4.69, 9.17) is 5.26 Å². The summed E-state index contributed by atoms with van der Waals surface area (Å²) in [6, 6.07) is 8.33. The lowest BCUT2D eigenvalue weighted by molar-refractivity contribution is 0.222. The fraction of sp³-hybridized carbons (Fsp3) is 0.500. The number of anilines is 1. The first kappa shape index (κ1) is 16.7. The minimum Gasteiger partial charge on any atom is -0.323 e. The number of carbonyl (C=O) groups excluding carboxylic acids is 1. The monoisotopic (exact) mass is 348 g/mol. The smallest absolute Gasteiger partial charge is 0.321 e. The van der Waals surface area contributed by atoms with Crippen molar-refractivity contribution in [3.63, 3.8) is 0 Å². The molecule has 2 aliphatic rings. The molecule has 8 heteroatoms. The summed E-state index contributed by atoms with van der Waals surface area (Å²) >= 11 is 0. The lowest BCUT2D eigenvalue weighted by atomic mass is 10.2. The number of nitrogens with zero attached hydrogens (tertiary/aromatic N) is 3. The Kier molecular flexibility index (Phi) is 4.73. The number of rotatable bonds is 3. The summed E-state index contributed by atoms with van der Waals surface area (Å²) in [5, 5.41) is 11.1. The predicted molar refractivity (Wildman–Crippen MR) is 89.9 cm³/mol. The van der Waals surface area contributed by atoms with Crippen LogP contribution in [0, 0.1) is 11.3 Å². The van der Waals surface area contributed by atoms with E-state index in [1.54, 1.807) is 28.6 Å². The summed E-state index contributed by atoms with van der Waals surface area (Å²) in [5.41, 5.74) is 0.994. The van der Waals surface area contributed by atoms with Crippen molar-refractivity contribution in [1.82, 2.24) is 9.21 Å². The zero-order valence-corrected chi connectivity index (χ0v) is 14.1. The van der Waals surface area contributed by atoms with Crippen molar-refractivity contribution in [3.8, 4) is 6.07 Å². The quantitative estimate of drug-likeness (QED) is 0.897. The molecule has 0 radical (unpaired) electrons. The van der Waals surface area contributed by atoms with Gasteiger partial charge >= 0.3 is 6.03 Å². The van der Waals surface area contributed by atoms with Crippen LogP contribution in [-0.2, 0) is 10.0 Å². The number of urea groups is 1. The van der Waals surface area contributed by atoms with Crippen LogP contribution < -0.4 is 5.32 Å². The van der Waals surface area contributed by atoms with Crippen LogP contribution in [0.2, 0.25) is 0 Å². The number of hydrogen-bond donors (Lipinski definition) is 1. The van der Waals surface area contributed by atoms with Gasteiger partial charge in [0.2, 0.25) is 10.0 Å². The van der Waals surface area contributed by atoms with Crippen LogP contribution in [0.15, 0.2) is 24.3 Å². The van der Waals surface area contributed by atoms with Gasteiger partial charge in [-0.15, -0.1) is 0 Å². The van der Waals surface area contributed by atoms with E-state index in [0.29, 0.717) is 37.3 Å². The van der Waals surface area contributed by atoms with E-state index < -0.39 is 15.3 Å². The number of sulfonamides is 1. The Morgan fingerprint density at radius 1 is 1.25 bits per heavy atom. The zero-order chi connectivity index (χ0) is 17.2. The number of likely N-dealkylation sites (tertiary alicyclic amines) is 1. The number of benzene rings is 1. The third kappa shape index (κ3) is 3.37. The Morgan fingerprint density at radius 2 is 2.00 bits per heavy atom.